The first-order valence-electron chi connectivity index (χ1n) is 7.81. The lowest BCUT2D eigenvalue weighted by molar-refractivity contribution is 0.0227. The summed E-state index contributed by atoms with van der Waals surface area (Å²) in [4.78, 5) is 0. The monoisotopic (exact) mass is 293 g/mol. The molecule has 4 nitrogen and oxygen atoms in total. The van der Waals surface area contributed by atoms with Gasteiger partial charge in [0.1, 0.15) is 11.4 Å². The number of hydrogen-bond donors (Lipinski definition) is 1. The molecule has 118 valence electrons. The van der Waals surface area contributed by atoms with Crippen molar-refractivity contribution in [3.63, 3.8) is 0 Å². The second kappa shape index (κ2) is 6.56. The predicted octanol–water partition coefficient (Wildman–Crippen LogP) is 3.70. The van der Waals surface area contributed by atoms with E-state index in [0.717, 1.165) is 48.6 Å². The quantitative estimate of drug-likeness (QED) is 0.868. The molecule has 1 atom stereocenters. The molecule has 1 aromatic rings. The summed E-state index contributed by atoms with van der Waals surface area (Å²) in [5.74, 6) is 2.38. The molecule has 1 aromatic carbocycles. The van der Waals surface area contributed by atoms with Gasteiger partial charge in [-0.3, -0.25) is 0 Å². The van der Waals surface area contributed by atoms with Crippen molar-refractivity contribution in [1.29, 1.82) is 0 Å². The van der Waals surface area contributed by atoms with E-state index in [-0.39, 0.29) is 5.60 Å². The van der Waals surface area contributed by atoms with Crippen LogP contribution in [0.3, 0.4) is 0 Å². The Kier molecular flexibility index (Phi) is 4.99. The van der Waals surface area contributed by atoms with E-state index in [9.17, 15) is 0 Å². The van der Waals surface area contributed by atoms with Gasteiger partial charge in [0.2, 0.25) is 0 Å². The Bertz CT molecular complexity index is 483. The summed E-state index contributed by atoms with van der Waals surface area (Å²) in [7, 11) is 3.32. The summed E-state index contributed by atoms with van der Waals surface area (Å²) in [5.41, 5.74) is 1.06. The summed E-state index contributed by atoms with van der Waals surface area (Å²) in [6, 6.07) is 4.28. The largest absolute Gasteiger partial charge is 0.493 e. The fraction of sp³-hybridized carbons (Fsp3) is 0.647. The minimum absolute atomic E-state index is 0.0978. The molecule has 1 heterocycles. The summed E-state index contributed by atoms with van der Waals surface area (Å²) in [6.45, 7) is 7.45. The van der Waals surface area contributed by atoms with Gasteiger partial charge in [-0.15, -0.1) is 0 Å². The van der Waals surface area contributed by atoms with E-state index < -0.39 is 0 Å². The molecule has 0 fully saturated rings. The van der Waals surface area contributed by atoms with Crippen LogP contribution in [0, 0.1) is 0 Å². The number of hydrogen-bond acceptors (Lipinski definition) is 4. The van der Waals surface area contributed by atoms with Gasteiger partial charge in [-0.05, 0) is 25.5 Å². The molecule has 1 aliphatic rings. The molecule has 1 N–H and O–H groups in total. The molecule has 0 radical (unpaired) electrons. The zero-order valence-corrected chi connectivity index (χ0v) is 13.8. The van der Waals surface area contributed by atoms with Gasteiger partial charge in [0, 0.05) is 24.1 Å². The normalized spacial score (nSPS) is 19.6. The molecule has 0 amide bonds. The van der Waals surface area contributed by atoms with E-state index in [0.29, 0.717) is 6.04 Å². The topological polar surface area (TPSA) is 39.7 Å². The molecule has 0 bridgehead atoms. The van der Waals surface area contributed by atoms with Crippen molar-refractivity contribution >= 4 is 0 Å². The third-order valence-electron chi connectivity index (χ3n) is 4.53. The lowest BCUT2D eigenvalue weighted by Crippen LogP contribution is -2.43. The summed E-state index contributed by atoms with van der Waals surface area (Å²) in [5, 5.41) is 3.58. The predicted molar refractivity (Wildman–Crippen MR) is 84.5 cm³/mol. The van der Waals surface area contributed by atoms with Crippen LogP contribution in [-0.4, -0.2) is 26.4 Å². The first-order valence-corrected chi connectivity index (χ1v) is 7.81. The lowest BCUT2D eigenvalue weighted by Gasteiger charge is -2.42. The van der Waals surface area contributed by atoms with Crippen LogP contribution in [0.15, 0.2) is 12.1 Å². The highest BCUT2D eigenvalue weighted by Gasteiger charge is 2.38. The molecule has 0 saturated heterocycles. The highest BCUT2D eigenvalue weighted by atomic mass is 16.5. The third-order valence-corrected chi connectivity index (χ3v) is 4.53. The van der Waals surface area contributed by atoms with Crippen molar-refractivity contribution in [3.05, 3.63) is 17.7 Å². The van der Waals surface area contributed by atoms with Crippen molar-refractivity contribution in [3.8, 4) is 17.2 Å². The van der Waals surface area contributed by atoms with E-state index >= 15 is 0 Å². The summed E-state index contributed by atoms with van der Waals surface area (Å²) < 4.78 is 17.2. The maximum absolute atomic E-state index is 6.36. The molecular formula is C17H27NO3. The van der Waals surface area contributed by atoms with Gasteiger partial charge in [0.25, 0.3) is 0 Å². The highest BCUT2D eigenvalue weighted by molar-refractivity contribution is 5.53. The Morgan fingerprint density at radius 1 is 1.14 bits per heavy atom. The lowest BCUT2D eigenvalue weighted by atomic mass is 9.83. The highest BCUT2D eigenvalue weighted by Crippen LogP contribution is 2.46. The van der Waals surface area contributed by atoms with Gasteiger partial charge >= 0.3 is 0 Å². The minimum atomic E-state index is -0.0978. The van der Waals surface area contributed by atoms with E-state index in [1.54, 1.807) is 14.2 Å². The molecule has 21 heavy (non-hydrogen) atoms. The zero-order chi connectivity index (χ0) is 15.5. The molecule has 0 spiro atoms. The molecule has 1 aliphatic heterocycles. The van der Waals surface area contributed by atoms with Crippen molar-refractivity contribution in [2.24, 2.45) is 0 Å². The molecule has 0 saturated carbocycles. The van der Waals surface area contributed by atoms with Gasteiger partial charge < -0.3 is 19.5 Å². The van der Waals surface area contributed by atoms with Crippen molar-refractivity contribution < 1.29 is 14.2 Å². The van der Waals surface area contributed by atoms with Gasteiger partial charge in [-0.25, -0.2) is 0 Å². The van der Waals surface area contributed by atoms with Crippen LogP contribution in [0.1, 0.15) is 51.6 Å². The van der Waals surface area contributed by atoms with Crippen LogP contribution in [0.2, 0.25) is 0 Å². The molecule has 2 rings (SSSR count). The zero-order valence-electron chi connectivity index (χ0n) is 13.8. The summed E-state index contributed by atoms with van der Waals surface area (Å²) in [6.07, 6.45) is 2.98. The van der Waals surface area contributed by atoms with E-state index in [1.807, 2.05) is 12.1 Å². The first kappa shape index (κ1) is 16.0. The Morgan fingerprint density at radius 2 is 1.76 bits per heavy atom. The number of methoxy groups -OCH3 is 2. The minimum Gasteiger partial charge on any atom is -0.493 e. The number of benzene rings is 1. The van der Waals surface area contributed by atoms with Gasteiger partial charge in [-0.2, -0.15) is 0 Å². The van der Waals surface area contributed by atoms with Crippen LogP contribution < -0.4 is 19.5 Å². The van der Waals surface area contributed by atoms with Crippen LogP contribution in [0.4, 0.5) is 0 Å². The SMILES string of the molecule is CCNC1CC(CC)(CC)Oc2cc(OC)c(OC)cc21. The Balaban J connectivity index is 2.49. The van der Waals surface area contributed by atoms with E-state index in [4.69, 9.17) is 14.2 Å². The maximum Gasteiger partial charge on any atom is 0.164 e. The van der Waals surface area contributed by atoms with Crippen molar-refractivity contribution in [1.82, 2.24) is 5.32 Å². The van der Waals surface area contributed by atoms with Crippen LogP contribution in [0.25, 0.3) is 0 Å². The average Bonchev–Trinajstić information content (AvgIpc) is 2.53. The molecule has 4 heteroatoms. The van der Waals surface area contributed by atoms with Crippen molar-refractivity contribution in [2.75, 3.05) is 20.8 Å². The Morgan fingerprint density at radius 3 is 2.29 bits per heavy atom. The molecule has 0 aromatic heterocycles. The standard InChI is InChI=1S/C17H27NO3/c1-6-17(7-2)11-13(18-8-3)12-9-15(19-4)16(20-5)10-14(12)21-17/h9-10,13,18H,6-8,11H2,1-5H3. The average molecular weight is 293 g/mol. The van der Waals surface area contributed by atoms with Crippen LogP contribution in [-0.2, 0) is 0 Å². The fourth-order valence-electron chi connectivity index (χ4n) is 3.11. The second-order valence-corrected chi connectivity index (χ2v) is 5.55. The molecule has 0 aliphatic carbocycles. The first-order chi connectivity index (χ1) is 10.1. The van der Waals surface area contributed by atoms with Gasteiger partial charge in [0.15, 0.2) is 11.5 Å². The smallest absolute Gasteiger partial charge is 0.164 e. The second-order valence-electron chi connectivity index (χ2n) is 5.55. The Hall–Kier alpha value is -1.42. The van der Waals surface area contributed by atoms with Crippen molar-refractivity contribution in [2.45, 2.75) is 51.7 Å². The third kappa shape index (κ3) is 2.95. The van der Waals surface area contributed by atoms with Crippen LogP contribution >= 0.6 is 0 Å². The summed E-state index contributed by atoms with van der Waals surface area (Å²) >= 11 is 0. The molecular weight excluding hydrogens is 266 g/mol. The van der Waals surface area contributed by atoms with E-state index in [2.05, 4.69) is 26.1 Å². The number of rotatable bonds is 6. The molecule has 1 unspecified atom stereocenters. The Labute approximate surface area is 127 Å². The number of ether oxygens (including phenoxy) is 3. The van der Waals surface area contributed by atoms with E-state index in [1.165, 1.54) is 0 Å². The van der Waals surface area contributed by atoms with Gasteiger partial charge in [-0.1, -0.05) is 20.8 Å². The number of fused-ring (bicyclic) bond motifs is 1. The maximum atomic E-state index is 6.36. The van der Waals surface area contributed by atoms with Gasteiger partial charge in [0.05, 0.1) is 14.2 Å². The number of nitrogens with one attached hydrogen (secondary N) is 1. The van der Waals surface area contributed by atoms with Crippen LogP contribution in [0.5, 0.6) is 17.2 Å². The fourth-order valence-corrected chi connectivity index (χ4v) is 3.11.